The number of amides is 3. The third kappa shape index (κ3) is 8.56. The number of halogens is 1. The first-order valence-corrected chi connectivity index (χ1v) is 15.5. The van der Waals surface area contributed by atoms with Gasteiger partial charge in [0.25, 0.3) is 11.8 Å². The Kier molecular flexibility index (Phi) is 10.9. The topological polar surface area (TPSA) is 97.0 Å². The average Bonchev–Trinajstić information content (AvgIpc) is 3.09. The number of rotatable bonds is 11. The standard InChI is InChI=1S/C38H34ClN3O5/c1-26-17-19-27(20-18-26)30-13-6-7-14-31(30)36(43)41-33-22-21-28(25-32(33)39)37(44)42(2)34-15-8-9-16-35(34)46-24-10-23-40-38(45)47-29-11-4-3-5-12-29/h3-9,11-22,25H,10,23-24H2,1-2H3,(H,40,45)(H,41,43). The molecule has 0 aliphatic rings. The number of ether oxygens (including phenoxy) is 2. The minimum absolute atomic E-state index is 0.230. The molecule has 0 saturated carbocycles. The largest absolute Gasteiger partial charge is 0.491 e. The van der Waals surface area contributed by atoms with Gasteiger partial charge in [-0.2, -0.15) is 0 Å². The van der Waals surface area contributed by atoms with Gasteiger partial charge in [0.2, 0.25) is 0 Å². The van der Waals surface area contributed by atoms with E-state index in [1.165, 1.54) is 11.0 Å². The maximum Gasteiger partial charge on any atom is 0.412 e. The van der Waals surface area contributed by atoms with Gasteiger partial charge in [-0.25, -0.2) is 4.79 Å². The fourth-order valence-corrected chi connectivity index (χ4v) is 5.07. The van der Waals surface area contributed by atoms with E-state index in [1.807, 2.05) is 67.6 Å². The highest BCUT2D eigenvalue weighted by Gasteiger charge is 2.20. The van der Waals surface area contributed by atoms with Crippen LogP contribution < -0.4 is 25.0 Å². The number of nitrogens with one attached hydrogen (secondary N) is 2. The van der Waals surface area contributed by atoms with Gasteiger partial charge in [-0.15, -0.1) is 0 Å². The maximum absolute atomic E-state index is 13.5. The second kappa shape index (κ2) is 15.6. The van der Waals surface area contributed by atoms with Crippen molar-refractivity contribution in [2.75, 3.05) is 30.4 Å². The van der Waals surface area contributed by atoms with Gasteiger partial charge in [0, 0.05) is 24.7 Å². The Labute approximate surface area is 278 Å². The Hall–Kier alpha value is -5.60. The van der Waals surface area contributed by atoms with Gasteiger partial charge in [0.1, 0.15) is 11.5 Å². The first-order chi connectivity index (χ1) is 22.8. The number of para-hydroxylation sites is 3. The highest BCUT2D eigenvalue weighted by molar-refractivity contribution is 6.34. The van der Waals surface area contributed by atoms with Crippen molar-refractivity contribution in [1.29, 1.82) is 0 Å². The number of anilines is 2. The molecule has 0 aromatic heterocycles. The van der Waals surface area contributed by atoms with E-state index in [4.69, 9.17) is 21.1 Å². The molecule has 0 aliphatic heterocycles. The molecule has 5 aromatic rings. The van der Waals surface area contributed by atoms with Crippen LogP contribution in [-0.2, 0) is 0 Å². The Morgan fingerprint density at radius 1 is 0.809 bits per heavy atom. The van der Waals surface area contributed by atoms with Crippen molar-refractivity contribution >= 4 is 40.9 Å². The molecule has 9 heteroatoms. The summed E-state index contributed by atoms with van der Waals surface area (Å²) in [5, 5.41) is 5.81. The van der Waals surface area contributed by atoms with Crippen LogP contribution in [0.5, 0.6) is 11.5 Å². The normalized spacial score (nSPS) is 10.5. The molecule has 238 valence electrons. The molecule has 0 heterocycles. The fraction of sp³-hybridized carbons (Fsp3) is 0.132. The van der Waals surface area contributed by atoms with Crippen LogP contribution in [0.15, 0.2) is 121 Å². The van der Waals surface area contributed by atoms with Gasteiger partial charge in [0.05, 0.1) is 23.0 Å². The van der Waals surface area contributed by atoms with Gasteiger partial charge in [-0.05, 0) is 73.0 Å². The summed E-state index contributed by atoms with van der Waals surface area (Å²) in [6.07, 6.45) is -0.0213. The third-order valence-electron chi connectivity index (χ3n) is 7.33. The minimum Gasteiger partial charge on any atom is -0.491 e. The lowest BCUT2D eigenvalue weighted by atomic mass is 9.98. The molecule has 0 aliphatic carbocycles. The van der Waals surface area contributed by atoms with E-state index in [0.717, 1.165) is 16.7 Å². The molecular formula is C38H34ClN3O5. The molecule has 8 nitrogen and oxygen atoms in total. The molecule has 0 radical (unpaired) electrons. The van der Waals surface area contributed by atoms with Crippen LogP contribution in [0.25, 0.3) is 11.1 Å². The van der Waals surface area contributed by atoms with Gasteiger partial charge in [-0.1, -0.05) is 90.0 Å². The summed E-state index contributed by atoms with van der Waals surface area (Å²) in [5.41, 5.74) is 4.66. The maximum atomic E-state index is 13.5. The number of benzene rings is 5. The highest BCUT2D eigenvalue weighted by Crippen LogP contribution is 2.31. The van der Waals surface area contributed by atoms with E-state index in [1.54, 1.807) is 61.6 Å². The number of carbonyl (C=O) groups is 3. The van der Waals surface area contributed by atoms with E-state index >= 15 is 0 Å². The molecule has 0 atom stereocenters. The van der Waals surface area contributed by atoms with Crippen LogP contribution in [-0.4, -0.2) is 38.1 Å². The van der Waals surface area contributed by atoms with Crippen molar-refractivity contribution in [3.05, 3.63) is 143 Å². The first-order valence-electron chi connectivity index (χ1n) is 15.1. The molecule has 0 bridgehead atoms. The van der Waals surface area contributed by atoms with Crippen molar-refractivity contribution < 1.29 is 23.9 Å². The van der Waals surface area contributed by atoms with Gasteiger partial charge < -0.3 is 25.0 Å². The van der Waals surface area contributed by atoms with Gasteiger partial charge in [-0.3, -0.25) is 9.59 Å². The zero-order valence-electron chi connectivity index (χ0n) is 26.0. The van der Waals surface area contributed by atoms with Crippen LogP contribution in [0.3, 0.4) is 0 Å². The first kappa shape index (κ1) is 32.8. The highest BCUT2D eigenvalue weighted by atomic mass is 35.5. The lowest BCUT2D eigenvalue weighted by molar-refractivity contribution is 0.0990. The van der Waals surface area contributed by atoms with Crippen molar-refractivity contribution in [3.63, 3.8) is 0 Å². The van der Waals surface area contributed by atoms with Crippen LogP contribution >= 0.6 is 11.6 Å². The Bertz CT molecular complexity index is 1860. The Morgan fingerprint density at radius 3 is 2.28 bits per heavy atom. The van der Waals surface area contributed by atoms with Crippen molar-refractivity contribution in [3.8, 4) is 22.6 Å². The average molecular weight is 648 g/mol. The van der Waals surface area contributed by atoms with Gasteiger partial charge in [0.15, 0.2) is 0 Å². The van der Waals surface area contributed by atoms with E-state index < -0.39 is 6.09 Å². The lowest BCUT2D eigenvalue weighted by Gasteiger charge is -2.21. The van der Waals surface area contributed by atoms with Crippen LogP contribution in [0.4, 0.5) is 16.2 Å². The zero-order valence-corrected chi connectivity index (χ0v) is 26.8. The molecule has 3 amide bonds. The molecule has 5 aromatic carbocycles. The summed E-state index contributed by atoms with van der Waals surface area (Å²) < 4.78 is 11.2. The molecule has 47 heavy (non-hydrogen) atoms. The molecule has 0 spiro atoms. The molecule has 0 saturated heterocycles. The van der Waals surface area contributed by atoms with E-state index in [2.05, 4.69) is 10.6 Å². The summed E-state index contributed by atoms with van der Waals surface area (Å²) >= 11 is 6.58. The Balaban J connectivity index is 1.19. The fourth-order valence-electron chi connectivity index (χ4n) is 4.84. The number of hydrogen-bond donors (Lipinski definition) is 2. The van der Waals surface area contributed by atoms with E-state index in [9.17, 15) is 14.4 Å². The van der Waals surface area contributed by atoms with Crippen LogP contribution in [0.2, 0.25) is 5.02 Å². The predicted octanol–water partition coefficient (Wildman–Crippen LogP) is 8.40. The van der Waals surface area contributed by atoms with E-state index in [0.29, 0.717) is 53.6 Å². The number of carbonyl (C=O) groups excluding carboxylic acids is 3. The van der Waals surface area contributed by atoms with Crippen LogP contribution in [0, 0.1) is 6.92 Å². The van der Waals surface area contributed by atoms with Crippen molar-refractivity contribution in [1.82, 2.24) is 5.32 Å². The molecule has 2 N–H and O–H groups in total. The molecule has 5 rings (SSSR count). The van der Waals surface area contributed by atoms with Gasteiger partial charge >= 0.3 is 6.09 Å². The smallest absolute Gasteiger partial charge is 0.412 e. The minimum atomic E-state index is -0.543. The predicted molar refractivity (Wildman–Crippen MR) is 186 cm³/mol. The monoisotopic (exact) mass is 647 g/mol. The number of nitrogens with zero attached hydrogens (tertiary/aromatic N) is 1. The second-order valence-electron chi connectivity index (χ2n) is 10.7. The summed E-state index contributed by atoms with van der Waals surface area (Å²) in [4.78, 5) is 40.3. The zero-order chi connectivity index (χ0) is 33.2. The summed E-state index contributed by atoms with van der Waals surface area (Å²) in [5.74, 6) is 0.352. The van der Waals surface area contributed by atoms with Crippen LogP contribution in [0.1, 0.15) is 32.7 Å². The quantitative estimate of drug-likeness (QED) is 0.140. The molecular weight excluding hydrogens is 614 g/mol. The number of hydrogen-bond acceptors (Lipinski definition) is 5. The van der Waals surface area contributed by atoms with Crippen molar-refractivity contribution in [2.45, 2.75) is 13.3 Å². The number of aryl methyl sites for hydroxylation is 1. The second-order valence-corrected chi connectivity index (χ2v) is 11.1. The molecule has 0 fully saturated rings. The Morgan fingerprint density at radius 2 is 1.51 bits per heavy atom. The summed E-state index contributed by atoms with van der Waals surface area (Å²) in [7, 11) is 1.65. The summed E-state index contributed by atoms with van der Waals surface area (Å²) in [6.45, 7) is 2.67. The van der Waals surface area contributed by atoms with Crippen molar-refractivity contribution in [2.24, 2.45) is 0 Å². The molecule has 0 unspecified atom stereocenters. The third-order valence-corrected chi connectivity index (χ3v) is 7.64. The SMILES string of the molecule is Cc1ccc(-c2ccccc2C(=O)Nc2ccc(C(=O)N(C)c3ccccc3OCCCNC(=O)Oc3ccccc3)cc2Cl)cc1. The van der Waals surface area contributed by atoms with E-state index in [-0.39, 0.29) is 16.8 Å². The lowest BCUT2D eigenvalue weighted by Crippen LogP contribution is -2.29. The summed E-state index contributed by atoms with van der Waals surface area (Å²) in [6, 6.07) is 36.1.